The van der Waals surface area contributed by atoms with Gasteiger partial charge in [-0.2, -0.15) is 5.10 Å². The minimum atomic E-state index is -0.266. The van der Waals surface area contributed by atoms with Crippen molar-refractivity contribution < 1.29 is 9.53 Å². The Balaban J connectivity index is 1.59. The summed E-state index contributed by atoms with van der Waals surface area (Å²) in [6.07, 6.45) is 0.655. The van der Waals surface area contributed by atoms with Crippen molar-refractivity contribution in [2.24, 2.45) is 0 Å². The van der Waals surface area contributed by atoms with E-state index in [0.717, 1.165) is 27.4 Å². The summed E-state index contributed by atoms with van der Waals surface area (Å²) < 4.78 is 8.32. The molecule has 3 heterocycles. The van der Waals surface area contributed by atoms with Crippen molar-refractivity contribution in [1.82, 2.24) is 19.5 Å². The van der Waals surface area contributed by atoms with E-state index in [1.165, 1.54) is 4.68 Å². The maximum Gasteiger partial charge on any atom is 0.291 e. The van der Waals surface area contributed by atoms with Crippen LogP contribution in [0.3, 0.4) is 0 Å². The van der Waals surface area contributed by atoms with E-state index in [9.17, 15) is 9.59 Å². The van der Waals surface area contributed by atoms with Gasteiger partial charge in [-0.05, 0) is 42.1 Å². The first-order chi connectivity index (χ1) is 14.0. The third kappa shape index (κ3) is 3.51. The molecule has 8 heteroatoms. The van der Waals surface area contributed by atoms with Crippen LogP contribution >= 0.6 is 11.3 Å². The number of aryl methyl sites for hydroxylation is 1. The molecule has 1 N–H and O–H groups in total. The second-order valence-corrected chi connectivity index (χ2v) is 7.74. The van der Waals surface area contributed by atoms with E-state index in [0.29, 0.717) is 11.9 Å². The van der Waals surface area contributed by atoms with Crippen molar-refractivity contribution in [3.63, 3.8) is 0 Å². The van der Waals surface area contributed by atoms with Crippen LogP contribution in [0.15, 0.2) is 46.6 Å². The van der Waals surface area contributed by atoms with E-state index in [1.54, 1.807) is 18.4 Å². The van der Waals surface area contributed by atoms with Gasteiger partial charge in [-0.3, -0.25) is 14.0 Å². The number of ether oxygens (including phenoxy) is 1. The first kappa shape index (κ1) is 19.2. The van der Waals surface area contributed by atoms with E-state index in [2.05, 4.69) is 10.4 Å². The van der Waals surface area contributed by atoms with Crippen LogP contribution < -0.4 is 15.6 Å². The second kappa shape index (κ2) is 7.71. The summed E-state index contributed by atoms with van der Waals surface area (Å²) in [5.74, 6) is 1.26. The molecule has 0 radical (unpaired) electrons. The maximum absolute atomic E-state index is 12.9. The summed E-state index contributed by atoms with van der Waals surface area (Å²) >= 11 is 1.58. The van der Waals surface area contributed by atoms with E-state index >= 15 is 0 Å². The summed E-state index contributed by atoms with van der Waals surface area (Å²) in [4.78, 5) is 26.5. The van der Waals surface area contributed by atoms with Crippen molar-refractivity contribution >= 4 is 33.0 Å². The second-order valence-electron chi connectivity index (χ2n) is 6.84. The normalized spacial score (nSPS) is 12.4. The lowest BCUT2D eigenvalue weighted by molar-refractivity contribution is -0.122. The lowest BCUT2D eigenvalue weighted by atomic mass is 10.1. The molecule has 4 aromatic rings. The Morgan fingerprint density at radius 2 is 2.03 bits per heavy atom. The summed E-state index contributed by atoms with van der Waals surface area (Å²) in [7, 11) is 1.61. The molecule has 0 saturated carbocycles. The molecule has 3 aromatic heterocycles. The average molecular weight is 410 g/mol. The SMILES string of the molecule is CCc1nn(CC(=O)N[C@@H](C)c2ccc(OC)cc2)c(=O)c2cc3ccsc3n12. The van der Waals surface area contributed by atoms with Crippen LogP contribution in [0.1, 0.15) is 31.3 Å². The number of fused-ring (bicyclic) bond motifs is 3. The fraction of sp³-hybridized carbons (Fsp3) is 0.286. The van der Waals surface area contributed by atoms with E-state index in [-0.39, 0.29) is 24.1 Å². The first-order valence-electron chi connectivity index (χ1n) is 9.43. The summed E-state index contributed by atoms with van der Waals surface area (Å²) in [6.45, 7) is 3.77. The third-order valence-electron chi connectivity index (χ3n) is 4.96. The number of thiophene rings is 1. The smallest absolute Gasteiger partial charge is 0.291 e. The first-order valence-corrected chi connectivity index (χ1v) is 10.3. The number of amides is 1. The van der Waals surface area contributed by atoms with Gasteiger partial charge in [-0.25, -0.2) is 4.68 Å². The Morgan fingerprint density at radius 3 is 2.72 bits per heavy atom. The molecule has 1 atom stereocenters. The Morgan fingerprint density at radius 1 is 1.28 bits per heavy atom. The van der Waals surface area contributed by atoms with Crippen LogP contribution in [0, 0.1) is 0 Å². The largest absolute Gasteiger partial charge is 0.497 e. The third-order valence-corrected chi connectivity index (χ3v) is 5.87. The molecule has 0 aliphatic carbocycles. The van der Waals surface area contributed by atoms with Gasteiger partial charge in [0.1, 0.15) is 28.5 Å². The number of carbonyl (C=O) groups excluding carboxylic acids is 1. The van der Waals surface area contributed by atoms with Crippen LogP contribution in [0.25, 0.3) is 15.7 Å². The van der Waals surface area contributed by atoms with Crippen molar-refractivity contribution in [2.45, 2.75) is 32.9 Å². The molecule has 7 nitrogen and oxygen atoms in total. The zero-order valence-corrected chi connectivity index (χ0v) is 17.3. The highest BCUT2D eigenvalue weighted by Gasteiger charge is 2.17. The number of carbonyl (C=O) groups is 1. The van der Waals surface area contributed by atoms with Crippen molar-refractivity contribution in [3.8, 4) is 5.75 Å². The van der Waals surface area contributed by atoms with Crippen LogP contribution in [-0.2, 0) is 17.8 Å². The van der Waals surface area contributed by atoms with E-state index in [1.807, 2.05) is 60.0 Å². The zero-order valence-electron chi connectivity index (χ0n) is 16.5. The molecule has 0 saturated heterocycles. The van der Waals surface area contributed by atoms with Gasteiger partial charge in [-0.1, -0.05) is 19.1 Å². The number of nitrogens with one attached hydrogen (secondary N) is 1. The topological polar surface area (TPSA) is 77.6 Å². The quantitative estimate of drug-likeness (QED) is 0.530. The standard InChI is InChI=1S/C21H22N4O3S/c1-4-18-23-24(20(27)17-11-15-9-10-29-21(15)25(17)18)12-19(26)22-13(2)14-5-7-16(28-3)8-6-14/h5-11,13H,4,12H2,1-3H3,(H,22,26)/t13-/m0/s1. The number of methoxy groups -OCH3 is 1. The van der Waals surface area contributed by atoms with Gasteiger partial charge in [0.05, 0.1) is 13.2 Å². The number of hydrogen-bond acceptors (Lipinski definition) is 5. The van der Waals surface area contributed by atoms with E-state index < -0.39 is 0 Å². The van der Waals surface area contributed by atoms with Gasteiger partial charge in [0.25, 0.3) is 5.56 Å². The van der Waals surface area contributed by atoms with Crippen LogP contribution in [0.4, 0.5) is 0 Å². The molecule has 1 aromatic carbocycles. The Bertz CT molecular complexity index is 1240. The highest BCUT2D eigenvalue weighted by Crippen LogP contribution is 2.24. The molecular weight excluding hydrogens is 388 g/mol. The lowest BCUT2D eigenvalue weighted by Gasteiger charge is -2.15. The fourth-order valence-corrected chi connectivity index (χ4v) is 4.35. The fourth-order valence-electron chi connectivity index (χ4n) is 3.43. The molecule has 1 amide bonds. The van der Waals surface area contributed by atoms with Gasteiger partial charge in [0, 0.05) is 11.8 Å². The Labute approximate surface area is 171 Å². The minimum absolute atomic E-state index is 0.123. The van der Waals surface area contributed by atoms with Crippen LogP contribution in [0.5, 0.6) is 5.75 Å². The molecule has 0 fully saturated rings. The summed E-state index contributed by atoms with van der Waals surface area (Å²) in [5.41, 5.74) is 1.24. The highest BCUT2D eigenvalue weighted by molar-refractivity contribution is 7.16. The van der Waals surface area contributed by atoms with Gasteiger partial charge in [0.2, 0.25) is 5.91 Å². The van der Waals surface area contributed by atoms with E-state index in [4.69, 9.17) is 4.74 Å². The van der Waals surface area contributed by atoms with Gasteiger partial charge < -0.3 is 10.1 Å². The van der Waals surface area contributed by atoms with Crippen LogP contribution in [0.2, 0.25) is 0 Å². The number of hydrogen-bond donors (Lipinski definition) is 1. The van der Waals surface area contributed by atoms with Crippen molar-refractivity contribution in [2.75, 3.05) is 7.11 Å². The highest BCUT2D eigenvalue weighted by atomic mass is 32.1. The zero-order chi connectivity index (χ0) is 20.5. The molecule has 0 aliphatic rings. The summed E-state index contributed by atoms with van der Waals surface area (Å²) in [5, 5.41) is 10.4. The Kier molecular flexibility index (Phi) is 5.10. The molecule has 150 valence electrons. The predicted octanol–water partition coefficient (Wildman–Crippen LogP) is 3.16. The molecule has 4 rings (SSSR count). The molecule has 29 heavy (non-hydrogen) atoms. The predicted molar refractivity (Wildman–Crippen MR) is 114 cm³/mol. The molecule has 0 bridgehead atoms. The lowest BCUT2D eigenvalue weighted by Crippen LogP contribution is -2.36. The molecular formula is C21H22N4O3S. The molecule has 0 unspecified atom stereocenters. The van der Waals surface area contributed by atoms with Gasteiger partial charge in [0.15, 0.2) is 0 Å². The van der Waals surface area contributed by atoms with Gasteiger partial charge >= 0.3 is 0 Å². The minimum Gasteiger partial charge on any atom is -0.497 e. The maximum atomic E-state index is 12.9. The number of nitrogens with zero attached hydrogens (tertiary/aromatic N) is 3. The number of rotatable bonds is 6. The van der Waals surface area contributed by atoms with Crippen molar-refractivity contribution in [1.29, 1.82) is 0 Å². The number of benzene rings is 1. The number of aromatic nitrogens is 3. The summed E-state index contributed by atoms with van der Waals surface area (Å²) in [6, 6.07) is 11.2. The van der Waals surface area contributed by atoms with Crippen molar-refractivity contribution in [3.05, 3.63) is 63.5 Å². The van der Waals surface area contributed by atoms with Gasteiger partial charge in [-0.15, -0.1) is 11.3 Å². The molecule has 0 spiro atoms. The average Bonchev–Trinajstić information content (AvgIpc) is 3.32. The Hall–Kier alpha value is -3.13. The molecule has 0 aliphatic heterocycles. The van der Waals surface area contributed by atoms with Crippen LogP contribution in [-0.4, -0.2) is 27.2 Å². The monoisotopic (exact) mass is 410 g/mol.